The summed E-state index contributed by atoms with van der Waals surface area (Å²) in [6.07, 6.45) is 2.75. The van der Waals surface area contributed by atoms with Gasteiger partial charge in [-0.1, -0.05) is 13.0 Å². The number of nitrogens with zero attached hydrogens (tertiary/aromatic N) is 1. The van der Waals surface area contributed by atoms with E-state index in [2.05, 4.69) is 22.4 Å². The summed E-state index contributed by atoms with van der Waals surface area (Å²) < 4.78 is 27.2. The zero-order valence-electron chi connectivity index (χ0n) is 16.8. The largest absolute Gasteiger partial charge is 0.344 e. The average molecular weight is 463 g/mol. The first-order valence-electron chi connectivity index (χ1n) is 9.84. The number of imide groups is 1. The zero-order chi connectivity index (χ0) is 22.2. The number of sulfonamides is 1. The SMILES string of the molecule is CC1CCC2(CC1)NC(=O)N(NC(=O)c1ccc(NS(=O)(=O)c3cccs3)cc1)C2=O. The van der Waals surface area contributed by atoms with E-state index >= 15 is 0 Å². The van der Waals surface area contributed by atoms with Crippen LogP contribution in [0.2, 0.25) is 0 Å². The van der Waals surface area contributed by atoms with E-state index in [1.165, 1.54) is 30.3 Å². The lowest BCUT2D eigenvalue weighted by molar-refractivity contribution is -0.134. The fourth-order valence-electron chi connectivity index (χ4n) is 3.79. The Hall–Kier alpha value is -2.92. The molecular weight excluding hydrogens is 440 g/mol. The minimum Gasteiger partial charge on any atom is -0.322 e. The number of carbonyl (C=O) groups is 3. The van der Waals surface area contributed by atoms with Gasteiger partial charge in [-0.15, -0.1) is 11.3 Å². The van der Waals surface area contributed by atoms with Crippen molar-refractivity contribution in [1.82, 2.24) is 15.8 Å². The second-order valence-corrected chi connectivity index (χ2v) is 10.7. The van der Waals surface area contributed by atoms with Crippen molar-refractivity contribution >= 4 is 44.9 Å². The van der Waals surface area contributed by atoms with Gasteiger partial charge in [0.2, 0.25) is 0 Å². The fraction of sp³-hybridized carbons (Fsp3) is 0.350. The number of anilines is 1. The predicted molar refractivity (Wildman–Crippen MR) is 115 cm³/mol. The lowest BCUT2D eigenvalue weighted by Gasteiger charge is -2.33. The van der Waals surface area contributed by atoms with Gasteiger partial charge in [0.15, 0.2) is 0 Å². The third kappa shape index (κ3) is 4.15. The Morgan fingerprint density at radius 2 is 1.84 bits per heavy atom. The summed E-state index contributed by atoms with van der Waals surface area (Å²) in [4.78, 5) is 37.8. The molecule has 31 heavy (non-hydrogen) atoms. The second kappa shape index (κ2) is 7.97. The van der Waals surface area contributed by atoms with Gasteiger partial charge in [-0.3, -0.25) is 19.7 Å². The fourth-order valence-corrected chi connectivity index (χ4v) is 5.84. The number of benzene rings is 1. The number of nitrogens with one attached hydrogen (secondary N) is 3. The highest BCUT2D eigenvalue weighted by Crippen LogP contribution is 2.35. The van der Waals surface area contributed by atoms with Crippen molar-refractivity contribution in [1.29, 1.82) is 0 Å². The van der Waals surface area contributed by atoms with E-state index < -0.39 is 33.4 Å². The standard InChI is InChI=1S/C20H22N4O5S2/c1-13-8-10-20(11-9-13)18(26)24(19(27)21-20)22-17(25)14-4-6-15(7-5-14)23-31(28,29)16-3-2-12-30-16/h2-7,12-13,23H,8-11H2,1H3,(H,21,27)(H,22,25). The van der Waals surface area contributed by atoms with Crippen LogP contribution >= 0.6 is 11.3 Å². The van der Waals surface area contributed by atoms with Crippen LogP contribution in [0.15, 0.2) is 46.0 Å². The molecule has 164 valence electrons. The van der Waals surface area contributed by atoms with Crippen LogP contribution in [0.4, 0.5) is 10.5 Å². The van der Waals surface area contributed by atoms with Gasteiger partial charge in [-0.05, 0) is 67.3 Å². The molecule has 4 amide bonds. The Kier molecular flexibility index (Phi) is 5.48. The maximum absolute atomic E-state index is 12.8. The van der Waals surface area contributed by atoms with Crippen LogP contribution in [0.5, 0.6) is 0 Å². The quantitative estimate of drug-likeness (QED) is 0.589. The van der Waals surface area contributed by atoms with E-state index in [0.717, 1.165) is 29.2 Å². The van der Waals surface area contributed by atoms with Crippen molar-refractivity contribution < 1.29 is 22.8 Å². The van der Waals surface area contributed by atoms with Gasteiger partial charge >= 0.3 is 6.03 Å². The number of urea groups is 1. The number of rotatable bonds is 5. The summed E-state index contributed by atoms with van der Waals surface area (Å²) in [7, 11) is -3.69. The topological polar surface area (TPSA) is 125 Å². The number of carbonyl (C=O) groups excluding carboxylic acids is 3. The van der Waals surface area contributed by atoms with Crippen LogP contribution in [0.1, 0.15) is 43.0 Å². The van der Waals surface area contributed by atoms with Gasteiger partial charge in [0.25, 0.3) is 21.8 Å². The lowest BCUT2D eigenvalue weighted by Crippen LogP contribution is -2.51. The molecule has 1 spiro atoms. The van der Waals surface area contributed by atoms with Gasteiger partial charge in [0.1, 0.15) is 9.75 Å². The van der Waals surface area contributed by atoms with Gasteiger partial charge in [0.05, 0.1) is 0 Å². The maximum atomic E-state index is 12.8. The number of hydrogen-bond donors (Lipinski definition) is 3. The molecular formula is C20H22N4O5S2. The van der Waals surface area contributed by atoms with Crippen LogP contribution in [-0.4, -0.2) is 36.8 Å². The molecule has 2 aromatic rings. The second-order valence-electron chi connectivity index (χ2n) is 7.89. The van der Waals surface area contributed by atoms with E-state index in [-0.39, 0.29) is 15.5 Å². The van der Waals surface area contributed by atoms with Crippen LogP contribution in [-0.2, 0) is 14.8 Å². The highest BCUT2D eigenvalue weighted by molar-refractivity contribution is 7.94. The Labute approximate surface area is 183 Å². The lowest BCUT2D eigenvalue weighted by atomic mass is 9.77. The van der Waals surface area contributed by atoms with Crippen molar-refractivity contribution in [2.45, 2.75) is 42.4 Å². The van der Waals surface area contributed by atoms with E-state index in [1.807, 2.05) is 0 Å². The molecule has 1 aliphatic carbocycles. The highest BCUT2D eigenvalue weighted by atomic mass is 32.2. The van der Waals surface area contributed by atoms with Crippen molar-refractivity contribution in [3.05, 3.63) is 47.3 Å². The Morgan fingerprint density at radius 1 is 1.16 bits per heavy atom. The monoisotopic (exact) mass is 462 g/mol. The number of hydrazine groups is 1. The summed E-state index contributed by atoms with van der Waals surface area (Å²) in [6, 6.07) is 8.20. The summed E-state index contributed by atoms with van der Waals surface area (Å²) in [5.41, 5.74) is 1.89. The van der Waals surface area contributed by atoms with Gasteiger partial charge in [0, 0.05) is 11.3 Å². The molecule has 2 fully saturated rings. The molecule has 1 aromatic carbocycles. The van der Waals surface area contributed by atoms with Crippen molar-refractivity contribution in [3.63, 3.8) is 0 Å². The number of amides is 4. The van der Waals surface area contributed by atoms with E-state index in [1.54, 1.807) is 11.4 Å². The van der Waals surface area contributed by atoms with E-state index in [9.17, 15) is 22.8 Å². The molecule has 1 aromatic heterocycles. The summed E-state index contributed by atoms with van der Waals surface area (Å²) >= 11 is 1.09. The molecule has 1 aliphatic heterocycles. The summed E-state index contributed by atoms with van der Waals surface area (Å²) in [5.74, 6) is -0.592. The maximum Gasteiger partial charge on any atom is 0.344 e. The van der Waals surface area contributed by atoms with Crippen molar-refractivity contribution in [2.24, 2.45) is 5.92 Å². The minimum atomic E-state index is -3.69. The molecule has 11 heteroatoms. The predicted octanol–water partition coefficient (Wildman–Crippen LogP) is 2.69. The molecule has 0 atom stereocenters. The minimum absolute atomic E-state index is 0.179. The van der Waals surface area contributed by atoms with Gasteiger partial charge in [-0.2, -0.15) is 5.01 Å². The first kappa shape index (κ1) is 21.3. The first-order chi connectivity index (χ1) is 14.7. The highest BCUT2D eigenvalue weighted by Gasteiger charge is 2.52. The van der Waals surface area contributed by atoms with Gasteiger partial charge in [-0.25, -0.2) is 13.2 Å². The van der Waals surface area contributed by atoms with E-state index in [0.29, 0.717) is 18.8 Å². The molecule has 0 bridgehead atoms. The molecule has 2 heterocycles. The average Bonchev–Trinajstić information content (AvgIpc) is 3.35. The molecule has 0 unspecified atom stereocenters. The summed E-state index contributed by atoms with van der Waals surface area (Å²) in [5, 5.41) is 5.15. The van der Waals surface area contributed by atoms with Crippen LogP contribution in [0.3, 0.4) is 0 Å². The molecule has 0 radical (unpaired) electrons. The molecule has 1 saturated heterocycles. The molecule has 4 rings (SSSR count). The Morgan fingerprint density at radius 3 is 2.45 bits per heavy atom. The third-order valence-electron chi connectivity index (χ3n) is 5.66. The van der Waals surface area contributed by atoms with Gasteiger partial charge < -0.3 is 5.32 Å². The number of hydrogen-bond acceptors (Lipinski definition) is 6. The van der Waals surface area contributed by atoms with Crippen LogP contribution < -0.4 is 15.5 Å². The third-order valence-corrected chi connectivity index (χ3v) is 8.44. The molecule has 9 nitrogen and oxygen atoms in total. The first-order valence-corrected chi connectivity index (χ1v) is 12.2. The Bertz CT molecular complexity index is 1100. The molecule has 2 aliphatic rings. The molecule has 1 saturated carbocycles. The van der Waals surface area contributed by atoms with Crippen molar-refractivity contribution in [2.75, 3.05) is 4.72 Å². The zero-order valence-corrected chi connectivity index (χ0v) is 18.4. The normalized spacial score (nSPS) is 23.6. The molecule has 3 N–H and O–H groups in total. The Balaban J connectivity index is 1.42. The smallest absolute Gasteiger partial charge is 0.322 e. The van der Waals surface area contributed by atoms with Crippen molar-refractivity contribution in [3.8, 4) is 0 Å². The van der Waals surface area contributed by atoms with E-state index in [4.69, 9.17) is 0 Å². The van der Waals surface area contributed by atoms with Crippen LogP contribution in [0.25, 0.3) is 0 Å². The number of thiophene rings is 1. The van der Waals surface area contributed by atoms with Crippen LogP contribution in [0, 0.1) is 5.92 Å². The summed E-state index contributed by atoms with van der Waals surface area (Å²) in [6.45, 7) is 2.11.